The van der Waals surface area contributed by atoms with E-state index in [0.29, 0.717) is 12.2 Å². The average molecular weight is 331 g/mol. The summed E-state index contributed by atoms with van der Waals surface area (Å²) in [4.78, 5) is 18.9. The number of nitrogens with one attached hydrogen (secondary N) is 1. The van der Waals surface area contributed by atoms with Crippen LogP contribution in [0.15, 0.2) is 72.9 Å². The van der Waals surface area contributed by atoms with Crippen molar-refractivity contribution in [3.05, 3.63) is 84.2 Å². The van der Waals surface area contributed by atoms with Crippen LogP contribution in [0, 0.1) is 6.92 Å². The maximum absolute atomic E-state index is 12.9. The fraction of sp³-hybridized carbons (Fsp3) is 0.143. The lowest BCUT2D eigenvalue weighted by Gasteiger charge is -2.21. The molecule has 0 saturated carbocycles. The van der Waals surface area contributed by atoms with Gasteiger partial charge in [-0.15, -0.1) is 0 Å². The number of carbonyl (C=O) groups is 1. The van der Waals surface area contributed by atoms with Gasteiger partial charge in [0.2, 0.25) is 0 Å². The summed E-state index contributed by atoms with van der Waals surface area (Å²) in [5.41, 5.74) is 4.30. The molecule has 1 N–H and O–H groups in total. The second-order valence-corrected chi connectivity index (χ2v) is 5.75. The van der Waals surface area contributed by atoms with Crippen molar-refractivity contribution in [1.29, 1.82) is 0 Å². The molecule has 25 heavy (non-hydrogen) atoms. The van der Waals surface area contributed by atoms with E-state index in [-0.39, 0.29) is 5.91 Å². The highest BCUT2D eigenvalue weighted by atomic mass is 16.2. The zero-order valence-corrected chi connectivity index (χ0v) is 14.4. The molecule has 1 aromatic heterocycles. The summed E-state index contributed by atoms with van der Waals surface area (Å²) in [7, 11) is 0. The Morgan fingerprint density at radius 3 is 2.48 bits per heavy atom. The van der Waals surface area contributed by atoms with Gasteiger partial charge in [0.1, 0.15) is 5.69 Å². The van der Waals surface area contributed by atoms with Gasteiger partial charge in [0.25, 0.3) is 5.91 Å². The van der Waals surface area contributed by atoms with Gasteiger partial charge in [-0.1, -0.05) is 36.4 Å². The van der Waals surface area contributed by atoms with Crippen molar-refractivity contribution in [2.75, 3.05) is 16.8 Å². The predicted octanol–water partition coefficient (Wildman–Crippen LogP) is 4.80. The monoisotopic (exact) mass is 331 g/mol. The summed E-state index contributed by atoms with van der Waals surface area (Å²) >= 11 is 0. The summed E-state index contributed by atoms with van der Waals surface area (Å²) in [6.45, 7) is 4.59. The molecule has 4 nitrogen and oxygen atoms in total. The highest BCUT2D eigenvalue weighted by molar-refractivity contribution is 6.05. The molecular weight excluding hydrogens is 310 g/mol. The van der Waals surface area contributed by atoms with Gasteiger partial charge in [-0.05, 0) is 49.7 Å². The molecule has 0 spiro atoms. The fourth-order valence-corrected chi connectivity index (χ4v) is 2.68. The topological polar surface area (TPSA) is 45.2 Å². The fourth-order valence-electron chi connectivity index (χ4n) is 2.68. The number of rotatable bonds is 5. The van der Waals surface area contributed by atoms with Crippen LogP contribution in [0.4, 0.5) is 17.1 Å². The van der Waals surface area contributed by atoms with E-state index in [1.807, 2.05) is 74.5 Å². The Hall–Kier alpha value is -3.14. The first-order valence-electron chi connectivity index (χ1n) is 8.34. The van der Waals surface area contributed by atoms with Crippen LogP contribution >= 0.6 is 0 Å². The Kier molecular flexibility index (Phi) is 5.09. The van der Waals surface area contributed by atoms with Crippen LogP contribution in [-0.2, 0) is 0 Å². The van der Waals surface area contributed by atoms with Crippen LogP contribution in [0.25, 0.3) is 0 Å². The third-order valence-corrected chi connectivity index (χ3v) is 4.03. The maximum atomic E-state index is 12.9. The van der Waals surface area contributed by atoms with Crippen LogP contribution in [-0.4, -0.2) is 17.4 Å². The number of amides is 1. The number of pyridine rings is 1. The van der Waals surface area contributed by atoms with E-state index in [0.717, 1.165) is 22.6 Å². The van der Waals surface area contributed by atoms with E-state index in [4.69, 9.17) is 0 Å². The van der Waals surface area contributed by atoms with Gasteiger partial charge >= 0.3 is 0 Å². The zero-order chi connectivity index (χ0) is 17.6. The van der Waals surface area contributed by atoms with Gasteiger partial charge in [0.05, 0.1) is 0 Å². The van der Waals surface area contributed by atoms with Crippen LogP contribution in [0.3, 0.4) is 0 Å². The first-order chi connectivity index (χ1) is 12.2. The lowest BCUT2D eigenvalue weighted by atomic mass is 10.2. The first-order valence-corrected chi connectivity index (χ1v) is 8.34. The van der Waals surface area contributed by atoms with Crippen molar-refractivity contribution in [3.8, 4) is 0 Å². The summed E-state index contributed by atoms with van der Waals surface area (Å²) in [5, 5.41) is 3.35. The standard InChI is InChI=1S/C21H21N3O/c1-3-24(18-10-5-4-6-11-18)21(25)20-15-17(13-14-22-20)23-19-12-8-7-9-16(19)2/h4-15H,3H2,1-2H3,(H,22,23). The minimum Gasteiger partial charge on any atom is -0.355 e. The van der Waals surface area contributed by atoms with E-state index in [1.54, 1.807) is 17.2 Å². The second-order valence-electron chi connectivity index (χ2n) is 5.75. The Balaban J connectivity index is 1.85. The largest absolute Gasteiger partial charge is 0.355 e. The van der Waals surface area contributed by atoms with Crippen LogP contribution in [0.1, 0.15) is 23.0 Å². The van der Waals surface area contributed by atoms with Crippen LogP contribution in [0.5, 0.6) is 0 Å². The minimum absolute atomic E-state index is 0.109. The molecule has 4 heteroatoms. The van der Waals surface area contributed by atoms with Gasteiger partial charge in [-0.2, -0.15) is 0 Å². The van der Waals surface area contributed by atoms with E-state index >= 15 is 0 Å². The molecule has 0 atom stereocenters. The molecule has 0 bridgehead atoms. The molecule has 1 heterocycles. The molecule has 0 aliphatic heterocycles. The van der Waals surface area contributed by atoms with Crippen molar-refractivity contribution in [1.82, 2.24) is 4.98 Å². The van der Waals surface area contributed by atoms with Gasteiger partial charge < -0.3 is 10.2 Å². The Morgan fingerprint density at radius 2 is 1.76 bits per heavy atom. The lowest BCUT2D eigenvalue weighted by molar-refractivity contribution is 0.0983. The van der Waals surface area contributed by atoms with Gasteiger partial charge in [-0.3, -0.25) is 9.78 Å². The number of benzene rings is 2. The zero-order valence-electron chi connectivity index (χ0n) is 14.4. The smallest absolute Gasteiger partial charge is 0.276 e. The first kappa shape index (κ1) is 16.7. The summed E-state index contributed by atoms with van der Waals surface area (Å²) < 4.78 is 0. The van der Waals surface area contributed by atoms with Crippen LogP contribution in [0.2, 0.25) is 0 Å². The Bertz CT molecular complexity index is 862. The van der Waals surface area contributed by atoms with E-state index in [9.17, 15) is 4.79 Å². The molecule has 126 valence electrons. The molecule has 3 rings (SSSR count). The third-order valence-electron chi connectivity index (χ3n) is 4.03. The second kappa shape index (κ2) is 7.62. The number of hydrogen-bond donors (Lipinski definition) is 1. The molecule has 0 fully saturated rings. The Morgan fingerprint density at radius 1 is 1.04 bits per heavy atom. The molecule has 0 aliphatic carbocycles. The molecule has 0 unspecified atom stereocenters. The highest BCUT2D eigenvalue weighted by Crippen LogP contribution is 2.21. The number of carbonyl (C=O) groups excluding carboxylic acids is 1. The minimum atomic E-state index is -0.109. The SMILES string of the molecule is CCN(C(=O)c1cc(Nc2ccccc2C)ccn1)c1ccccc1. The summed E-state index contributed by atoms with van der Waals surface area (Å²) in [6.07, 6.45) is 1.66. The number of aryl methyl sites for hydroxylation is 1. The number of aromatic nitrogens is 1. The van der Waals surface area contributed by atoms with Crippen molar-refractivity contribution in [3.63, 3.8) is 0 Å². The van der Waals surface area contributed by atoms with E-state index < -0.39 is 0 Å². The highest BCUT2D eigenvalue weighted by Gasteiger charge is 2.17. The molecule has 0 saturated heterocycles. The summed E-state index contributed by atoms with van der Waals surface area (Å²) in [5.74, 6) is -0.109. The molecule has 1 amide bonds. The predicted molar refractivity (Wildman–Crippen MR) is 102 cm³/mol. The molecule has 0 aliphatic rings. The van der Waals surface area contributed by atoms with Gasteiger partial charge in [0, 0.05) is 29.8 Å². The summed E-state index contributed by atoms with van der Waals surface area (Å²) in [6, 6.07) is 21.3. The number of para-hydroxylation sites is 2. The number of nitrogens with zero attached hydrogens (tertiary/aromatic N) is 2. The molecular formula is C21H21N3O. The van der Waals surface area contributed by atoms with Crippen molar-refractivity contribution in [2.24, 2.45) is 0 Å². The number of anilines is 3. The molecule has 0 radical (unpaired) electrons. The van der Waals surface area contributed by atoms with Gasteiger partial charge in [0.15, 0.2) is 0 Å². The van der Waals surface area contributed by atoms with Gasteiger partial charge in [-0.25, -0.2) is 0 Å². The molecule has 2 aromatic carbocycles. The van der Waals surface area contributed by atoms with Crippen LogP contribution < -0.4 is 10.2 Å². The lowest BCUT2D eigenvalue weighted by Crippen LogP contribution is -2.31. The van der Waals surface area contributed by atoms with Crippen molar-refractivity contribution < 1.29 is 4.79 Å². The quantitative estimate of drug-likeness (QED) is 0.730. The average Bonchev–Trinajstić information content (AvgIpc) is 2.65. The third kappa shape index (κ3) is 3.86. The Labute approximate surface area is 148 Å². The van der Waals surface area contributed by atoms with E-state index in [1.165, 1.54) is 0 Å². The normalized spacial score (nSPS) is 10.3. The van der Waals surface area contributed by atoms with Crippen molar-refractivity contribution >= 4 is 23.0 Å². The number of hydrogen-bond acceptors (Lipinski definition) is 3. The maximum Gasteiger partial charge on any atom is 0.276 e. The van der Waals surface area contributed by atoms with E-state index in [2.05, 4.69) is 10.3 Å². The van der Waals surface area contributed by atoms with Crippen molar-refractivity contribution in [2.45, 2.75) is 13.8 Å². The molecule has 3 aromatic rings.